The number of halogens is 1. The summed E-state index contributed by atoms with van der Waals surface area (Å²) in [5, 5.41) is 4.95. The van der Waals surface area contributed by atoms with E-state index < -0.39 is 23.9 Å². The fourth-order valence-electron chi connectivity index (χ4n) is 1.68. The maximum Gasteiger partial charge on any atom is 0.338 e. The number of primary amides is 1. The number of nitrogens with one attached hydrogen (secondary N) is 1. The molecule has 0 aliphatic heterocycles. The number of anilines is 1. The lowest BCUT2D eigenvalue weighted by atomic mass is 10.2. The van der Waals surface area contributed by atoms with Gasteiger partial charge in [-0.3, -0.25) is 9.59 Å². The van der Waals surface area contributed by atoms with E-state index in [1.54, 1.807) is 17.5 Å². The highest BCUT2D eigenvalue weighted by atomic mass is 35.5. The van der Waals surface area contributed by atoms with Crippen molar-refractivity contribution in [3.05, 3.63) is 51.9 Å². The summed E-state index contributed by atoms with van der Waals surface area (Å²) in [4.78, 5) is 35.2. The van der Waals surface area contributed by atoms with Crippen molar-refractivity contribution in [2.45, 2.75) is 13.0 Å². The second kappa shape index (κ2) is 7.26. The summed E-state index contributed by atoms with van der Waals surface area (Å²) in [5.74, 6) is -1.85. The fourth-order valence-corrected chi connectivity index (χ4v) is 2.60. The molecule has 2 rings (SSSR count). The lowest BCUT2D eigenvalue weighted by molar-refractivity contribution is -0.123. The van der Waals surface area contributed by atoms with Crippen LogP contribution in [0.2, 0.25) is 5.02 Å². The van der Waals surface area contributed by atoms with Gasteiger partial charge < -0.3 is 15.8 Å². The molecule has 0 radical (unpaired) electrons. The minimum atomic E-state index is -1.04. The van der Waals surface area contributed by atoms with Crippen LogP contribution in [0.1, 0.15) is 27.6 Å². The molecular formula is C15H13ClN2O4S. The van der Waals surface area contributed by atoms with E-state index in [0.29, 0.717) is 10.0 Å². The molecule has 120 valence electrons. The highest BCUT2D eigenvalue weighted by Gasteiger charge is 2.21. The van der Waals surface area contributed by atoms with E-state index in [0.717, 1.165) is 11.3 Å². The second-order valence-electron chi connectivity index (χ2n) is 4.57. The van der Waals surface area contributed by atoms with Crippen LogP contribution in [0.25, 0.3) is 0 Å². The number of benzene rings is 1. The van der Waals surface area contributed by atoms with E-state index in [-0.39, 0.29) is 11.1 Å². The van der Waals surface area contributed by atoms with Crippen molar-refractivity contribution in [3.8, 4) is 0 Å². The minimum Gasteiger partial charge on any atom is -0.449 e. The van der Waals surface area contributed by atoms with Gasteiger partial charge in [-0.25, -0.2) is 4.79 Å². The van der Waals surface area contributed by atoms with Gasteiger partial charge >= 0.3 is 5.97 Å². The third-order valence-electron chi connectivity index (χ3n) is 2.90. The molecule has 2 aromatic rings. The summed E-state index contributed by atoms with van der Waals surface area (Å²) < 4.78 is 5.08. The van der Waals surface area contributed by atoms with Gasteiger partial charge in [0.15, 0.2) is 6.10 Å². The molecular weight excluding hydrogens is 340 g/mol. The molecule has 0 fully saturated rings. The van der Waals surface area contributed by atoms with Gasteiger partial charge in [0.25, 0.3) is 11.8 Å². The van der Waals surface area contributed by atoms with Gasteiger partial charge in [-0.15, -0.1) is 11.3 Å². The standard InChI is InChI=1S/C15H13ClN2O4S/c1-8(22-15(21)9-2-4-10(16)5-3-9)13(20)18-14-11(12(17)19)6-7-23-14/h2-8H,1H3,(H2,17,19)(H,18,20)/t8-/m0/s1. The molecule has 1 atom stereocenters. The first kappa shape index (κ1) is 17.0. The molecule has 8 heteroatoms. The fraction of sp³-hybridized carbons (Fsp3) is 0.133. The molecule has 6 nitrogen and oxygen atoms in total. The SMILES string of the molecule is C[C@H](OC(=O)c1ccc(Cl)cc1)C(=O)Nc1sccc1C(N)=O. The van der Waals surface area contributed by atoms with Crippen LogP contribution in [-0.2, 0) is 9.53 Å². The lowest BCUT2D eigenvalue weighted by Crippen LogP contribution is -2.30. The average Bonchev–Trinajstić information content (AvgIpc) is 2.96. The number of amides is 2. The summed E-state index contributed by atoms with van der Waals surface area (Å²) in [6, 6.07) is 7.61. The molecule has 3 N–H and O–H groups in total. The van der Waals surface area contributed by atoms with E-state index >= 15 is 0 Å². The molecule has 1 aromatic heterocycles. The first-order valence-electron chi connectivity index (χ1n) is 6.53. The van der Waals surface area contributed by atoms with E-state index in [1.165, 1.54) is 25.1 Å². The molecule has 0 unspecified atom stereocenters. The van der Waals surface area contributed by atoms with Crippen LogP contribution >= 0.6 is 22.9 Å². The number of carbonyl (C=O) groups excluding carboxylic acids is 3. The molecule has 0 aliphatic rings. The number of hydrogen-bond acceptors (Lipinski definition) is 5. The zero-order valence-corrected chi connectivity index (χ0v) is 13.6. The summed E-state index contributed by atoms with van der Waals surface area (Å²) in [6.07, 6.45) is -1.04. The number of thiophene rings is 1. The highest BCUT2D eigenvalue weighted by Crippen LogP contribution is 2.23. The zero-order chi connectivity index (χ0) is 17.0. The number of rotatable bonds is 5. The Balaban J connectivity index is 1.99. The number of ether oxygens (including phenoxy) is 1. The van der Waals surface area contributed by atoms with Crippen LogP contribution < -0.4 is 11.1 Å². The topological polar surface area (TPSA) is 98.5 Å². The van der Waals surface area contributed by atoms with Crippen molar-refractivity contribution in [2.24, 2.45) is 5.73 Å². The molecule has 0 bridgehead atoms. The molecule has 0 saturated heterocycles. The summed E-state index contributed by atoms with van der Waals surface area (Å²) in [6.45, 7) is 1.43. The van der Waals surface area contributed by atoms with E-state index in [1.807, 2.05) is 0 Å². The van der Waals surface area contributed by atoms with E-state index in [2.05, 4.69) is 5.32 Å². The number of hydrogen-bond donors (Lipinski definition) is 2. The molecule has 0 aliphatic carbocycles. The van der Waals surface area contributed by atoms with Crippen molar-refractivity contribution in [3.63, 3.8) is 0 Å². The van der Waals surface area contributed by atoms with Crippen LogP contribution in [0, 0.1) is 0 Å². The average molecular weight is 353 g/mol. The van der Waals surface area contributed by atoms with Crippen molar-refractivity contribution in [1.29, 1.82) is 0 Å². The highest BCUT2D eigenvalue weighted by molar-refractivity contribution is 7.14. The third kappa shape index (κ3) is 4.30. The normalized spacial score (nSPS) is 11.6. The monoisotopic (exact) mass is 352 g/mol. The first-order chi connectivity index (χ1) is 10.9. The smallest absolute Gasteiger partial charge is 0.338 e. The van der Waals surface area contributed by atoms with E-state index in [9.17, 15) is 14.4 Å². The molecule has 2 amide bonds. The largest absolute Gasteiger partial charge is 0.449 e. The van der Waals surface area contributed by atoms with Crippen molar-refractivity contribution >= 4 is 45.7 Å². The number of carbonyl (C=O) groups is 3. The van der Waals surface area contributed by atoms with Crippen LogP contribution in [0.3, 0.4) is 0 Å². The first-order valence-corrected chi connectivity index (χ1v) is 7.79. The van der Waals surface area contributed by atoms with Crippen LogP contribution in [0.5, 0.6) is 0 Å². The predicted octanol–water partition coefficient (Wildman–Crippen LogP) is 2.68. The van der Waals surface area contributed by atoms with Crippen LogP contribution in [0.4, 0.5) is 5.00 Å². The Kier molecular flexibility index (Phi) is 5.36. The maximum absolute atomic E-state index is 12.1. The van der Waals surface area contributed by atoms with E-state index in [4.69, 9.17) is 22.1 Å². The van der Waals surface area contributed by atoms with Crippen molar-refractivity contribution in [2.75, 3.05) is 5.32 Å². The number of nitrogens with two attached hydrogens (primary N) is 1. The quantitative estimate of drug-likeness (QED) is 0.808. The summed E-state index contributed by atoms with van der Waals surface area (Å²) in [7, 11) is 0. The Morgan fingerprint density at radius 2 is 1.87 bits per heavy atom. The van der Waals surface area contributed by atoms with Crippen molar-refractivity contribution < 1.29 is 19.1 Å². The molecule has 1 aromatic carbocycles. The Labute approximate surface area is 141 Å². The minimum absolute atomic E-state index is 0.208. The Hall–Kier alpha value is -2.38. The maximum atomic E-state index is 12.1. The summed E-state index contributed by atoms with van der Waals surface area (Å²) >= 11 is 6.89. The zero-order valence-electron chi connectivity index (χ0n) is 12.0. The van der Waals surface area contributed by atoms with Gasteiger partial charge in [-0.1, -0.05) is 11.6 Å². The predicted molar refractivity (Wildman–Crippen MR) is 87.8 cm³/mol. The summed E-state index contributed by atoms with van der Waals surface area (Å²) in [5.41, 5.74) is 5.69. The lowest BCUT2D eigenvalue weighted by Gasteiger charge is -2.13. The van der Waals surface area contributed by atoms with Crippen molar-refractivity contribution in [1.82, 2.24) is 0 Å². The molecule has 0 saturated carbocycles. The third-order valence-corrected chi connectivity index (χ3v) is 3.98. The van der Waals surface area contributed by atoms with Crippen LogP contribution in [0.15, 0.2) is 35.7 Å². The molecule has 1 heterocycles. The molecule has 23 heavy (non-hydrogen) atoms. The molecule has 0 spiro atoms. The van der Waals surface area contributed by atoms with Gasteiger partial charge in [0.1, 0.15) is 5.00 Å². The van der Waals surface area contributed by atoms with Gasteiger partial charge in [0.2, 0.25) is 0 Å². The van der Waals surface area contributed by atoms with Gasteiger partial charge in [0, 0.05) is 5.02 Å². The Bertz CT molecular complexity index is 742. The Morgan fingerprint density at radius 3 is 2.48 bits per heavy atom. The van der Waals surface area contributed by atoms with Gasteiger partial charge in [-0.2, -0.15) is 0 Å². The second-order valence-corrected chi connectivity index (χ2v) is 5.92. The van der Waals surface area contributed by atoms with Gasteiger partial charge in [-0.05, 0) is 42.6 Å². The Morgan fingerprint density at radius 1 is 1.22 bits per heavy atom. The number of esters is 1. The van der Waals surface area contributed by atoms with Crippen LogP contribution in [-0.4, -0.2) is 23.9 Å². The van der Waals surface area contributed by atoms with Gasteiger partial charge in [0.05, 0.1) is 11.1 Å².